The van der Waals surface area contributed by atoms with E-state index in [-0.39, 0.29) is 65.5 Å². The molecule has 2 aromatic carbocycles. The van der Waals surface area contributed by atoms with Crippen LogP contribution in [0.4, 0.5) is 4.79 Å². The van der Waals surface area contributed by atoms with Crippen LogP contribution in [0.15, 0.2) is 71.2 Å². The molecule has 11 atom stereocenters. The van der Waals surface area contributed by atoms with E-state index in [4.69, 9.17) is 29.4 Å². The Kier molecular flexibility index (Phi) is 11.7. The van der Waals surface area contributed by atoms with E-state index in [1.54, 1.807) is 24.9 Å². The first-order chi connectivity index (χ1) is 31.8. The number of nitrogens with one attached hydrogen (secondary N) is 1. The second-order valence-corrected chi connectivity index (χ2v) is 19.4. The van der Waals surface area contributed by atoms with E-state index in [0.717, 1.165) is 37.9 Å². The number of hydrogen-bond acceptors (Lipinski definition) is 15. The van der Waals surface area contributed by atoms with Crippen LogP contribution in [-0.2, 0) is 48.0 Å². The van der Waals surface area contributed by atoms with Gasteiger partial charge in [0.05, 0.1) is 75.2 Å². The Morgan fingerprint density at radius 3 is 2.56 bits per heavy atom. The third kappa shape index (κ3) is 7.37. The minimum absolute atomic E-state index is 0.0774. The zero-order valence-corrected chi connectivity index (χ0v) is 38.1. The molecular formula is C49H61N7O10. The maximum Gasteiger partial charge on any atom is 0.404 e. The zero-order valence-electron chi connectivity index (χ0n) is 38.1. The number of Topliss-reactive ketones (excluding diaryl/α,β-unsaturated/α-hetero) is 2. The van der Waals surface area contributed by atoms with Crippen molar-refractivity contribution in [3.05, 3.63) is 93.6 Å². The predicted molar refractivity (Wildman–Crippen MR) is 238 cm³/mol. The number of rotatable bonds is 17. The molecular weight excluding hydrogens is 847 g/mol. The van der Waals surface area contributed by atoms with Crippen LogP contribution in [0.25, 0.3) is 0 Å². The number of methoxy groups -OCH3 is 1. The third-order valence-electron chi connectivity index (χ3n) is 16.3. The number of aromatic hydroxyl groups is 1. The van der Waals surface area contributed by atoms with Gasteiger partial charge in [-0.25, -0.2) is 9.48 Å². The molecule has 352 valence electrons. The number of benzene rings is 2. The van der Waals surface area contributed by atoms with Crippen LogP contribution < -0.4 is 15.8 Å². The average molecular weight is 908 g/mol. The summed E-state index contributed by atoms with van der Waals surface area (Å²) in [6.07, 6.45) is 5.46. The van der Waals surface area contributed by atoms with Crippen molar-refractivity contribution in [3.63, 3.8) is 0 Å². The van der Waals surface area contributed by atoms with Crippen molar-refractivity contribution in [3.8, 4) is 11.5 Å². The lowest BCUT2D eigenvalue weighted by Crippen LogP contribution is -2.55. The van der Waals surface area contributed by atoms with E-state index in [0.29, 0.717) is 86.6 Å². The first-order valence-corrected chi connectivity index (χ1v) is 23.4. The number of primary amides is 1. The molecule has 17 nitrogen and oxygen atoms in total. The molecule has 66 heavy (non-hydrogen) atoms. The number of carbonyl (C=O) groups is 3. The van der Waals surface area contributed by atoms with Gasteiger partial charge in [-0.2, -0.15) is 0 Å². The minimum atomic E-state index is -1.04. The number of nitrogens with zero attached hydrogens (tertiary/aromatic N) is 5. The molecule has 0 radical (unpaired) electrons. The number of amides is 1. The number of aryl methyl sites for hydroxylation is 1. The summed E-state index contributed by atoms with van der Waals surface area (Å²) in [5, 5.41) is 33.0. The number of hydrogen-bond donors (Lipinski definition) is 4. The van der Waals surface area contributed by atoms with Gasteiger partial charge in [0.1, 0.15) is 30.4 Å². The van der Waals surface area contributed by atoms with Crippen molar-refractivity contribution in [2.24, 2.45) is 28.9 Å². The molecule has 1 unspecified atom stereocenters. The Bertz CT molecular complexity index is 2450. The zero-order chi connectivity index (χ0) is 46.1. The molecule has 5 N–H and O–H groups in total. The SMILES string of the molecule is CO[C@@]12[C@H](COC(N)=O)C3=C(C(=O)C(C)=C(NCc4cn(CCOCCOCCOc5ccc([C@H]6C[C@]7(C)[C@@H](O)CC[C@H]7[C@@H]7CCc8cc(O)ccc8[C@H]76)cc5)nn4)C3=O)N1C[C@H]1[C@@H]2N1C. The summed E-state index contributed by atoms with van der Waals surface area (Å²) in [5.74, 6) is 1.41. The Hall–Kier alpha value is -5.33. The van der Waals surface area contributed by atoms with Gasteiger partial charge in [-0.15, -0.1) is 5.10 Å². The summed E-state index contributed by atoms with van der Waals surface area (Å²) >= 11 is 0. The maximum absolute atomic E-state index is 14.2. The summed E-state index contributed by atoms with van der Waals surface area (Å²) in [7, 11) is 3.52. The van der Waals surface area contributed by atoms with Gasteiger partial charge in [-0.3, -0.25) is 14.5 Å². The third-order valence-corrected chi connectivity index (χ3v) is 16.3. The molecule has 3 aromatic rings. The largest absolute Gasteiger partial charge is 0.508 e. The van der Waals surface area contributed by atoms with Gasteiger partial charge in [-0.05, 0) is 116 Å². The maximum atomic E-state index is 14.2. The predicted octanol–water partition coefficient (Wildman–Crippen LogP) is 3.54. The molecule has 4 aliphatic carbocycles. The Balaban J connectivity index is 0.660. The molecule has 2 saturated carbocycles. The first-order valence-electron chi connectivity index (χ1n) is 23.4. The number of ether oxygens (including phenoxy) is 5. The molecule has 10 rings (SSSR count). The molecule has 4 fully saturated rings. The molecule has 4 heterocycles. The molecule has 2 saturated heterocycles. The number of likely N-dealkylation sites (N-methyl/N-ethyl adjacent to an activating group) is 1. The monoisotopic (exact) mass is 907 g/mol. The van der Waals surface area contributed by atoms with E-state index in [1.165, 1.54) is 16.7 Å². The number of allylic oxidation sites excluding steroid dienone is 2. The highest BCUT2D eigenvalue weighted by molar-refractivity contribution is 6.25. The molecule has 0 bridgehead atoms. The van der Waals surface area contributed by atoms with Crippen LogP contribution in [0.1, 0.15) is 73.8 Å². The van der Waals surface area contributed by atoms with E-state index in [2.05, 4.69) is 45.7 Å². The van der Waals surface area contributed by atoms with Crippen LogP contribution in [-0.4, -0.2) is 137 Å². The van der Waals surface area contributed by atoms with Crippen LogP contribution >= 0.6 is 0 Å². The van der Waals surface area contributed by atoms with Crippen LogP contribution in [0.3, 0.4) is 0 Å². The second kappa shape index (κ2) is 17.4. The van der Waals surface area contributed by atoms with Gasteiger partial charge < -0.3 is 49.8 Å². The highest BCUT2D eigenvalue weighted by Gasteiger charge is 2.75. The number of carbonyl (C=O) groups excluding carboxylic acids is 3. The van der Waals surface area contributed by atoms with E-state index >= 15 is 0 Å². The van der Waals surface area contributed by atoms with E-state index < -0.39 is 17.7 Å². The normalized spacial score (nSPS) is 32.7. The van der Waals surface area contributed by atoms with Gasteiger partial charge in [0.2, 0.25) is 11.6 Å². The molecule has 17 heteroatoms. The summed E-state index contributed by atoms with van der Waals surface area (Å²) in [4.78, 5) is 43.8. The van der Waals surface area contributed by atoms with Crippen LogP contribution in [0.5, 0.6) is 11.5 Å². The number of aromatic nitrogens is 3. The van der Waals surface area contributed by atoms with Gasteiger partial charge in [-0.1, -0.05) is 30.3 Å². The molecule has 0 spiro atoms. The fourth-order valence-corrected chi connectivity index (χ4v) is 13.1. The number of aliphatic hydroxyl groups excluding tert-OH is 1. The number of phenols is 1. The Morgan fingerprint density at radius 1 is 1.02 bits per heavy atom. The van der Waals surface area contributed by atoms with Crippen molar-refractivity contribution < 1.29 is 48.3 Å². The molecule has 7 aliphatic rings. The van der Waals surface area contributed by atoms with E-state index in [1.807, 2.05) is 36.2 Å². The van der Waals surface area contributed by atoms with Crippen molar-refractivity contribution in [2.75, 3.05) is 60.3 Å². The lowest BCUT2D eigenvalue weighted by molar-refractivity contribution is -0.144. The Morgan fingerprint density at radius 2 is 1.79 bits per heavy atom. The average Bonchev–Trinajstić information content (AvgIpc) is 3.70. The summed E-state index contributed by atoms with van der Waals surface area (Å²) in [5.41, 5.74) is 9.68. The minimum Gasteiger partial charge on any atom is -0.508 e. The number of ketones is 2. The number of nitrogens with two attached hydrogens (primary N) is 1. The molecule has 1 amide bonds. The van der Waals surface area contributed by atoms with Gasteiger partial charge in [0.25, 0.3) is 0 Å². The first kappa shape index (κ1) is 44.5. The topological polar surface area (TPSA) is 213 Å². The number of aliphatic hydroxyl groups is 1. The lowest BCUT2D eigenvalue weighted by atomic mass is 9.51. The van der Waals surface area contributed by atoms with E-state index in [9.17, 15) is 24.6 Å². The Labute approximate surface area is 384 Å². The van der Waals surface area contributed by atoms with Crippen molar-refractivity contribution in [1.29, 1.82) is 0 Å². The smallest absolute Gasteiger partial charge is 0.404 e. The highest BCUT2D eigenvalue weighted by Crippen LogP contribution is 2.65. The fraction of sp³-hybridized carbons (Fsp3) is 0.571. The number of fused-ring (bicyclic) bond motifs is 9. The quantitative estimate of drug-likeness (QED) is 0.0867. The van der Waals surface area contributed by atoms with Gasteiger partial charge >= 0.3 is 6.09 Å². The second-order valence-electron chi connectivity index (χ2n) is 19.4. The van der Waals surface area contributed by atoms with Gasteiger partial charge in [0.15, 0.2) is 5.72 Å². The van der Waals surface area contributed by atoms with Crippen LogP contribution in [0.2, 0.25) is 0 Å². The lowest BCUT2D eigenvalue weighted by Gasteiger charge is -2.54. The van der Waals surface area contributed by atoms with Crippen molar-refractivity contribution in [2.45, 2.75) is 94.8 Å². The van der Waals surface area contributed by atoms with Crippen molar-refractivity contribution >= 4 is 17.7 Å². The summed E-state index contributed by atoms with van der Waals surface area (Å²) < 4.78 is 30.6. The molecule has 1 aromatic heterocycles. The summed E-state index contributed by atoms with van der Waals surface area (Å²) in [6, 6.07) is 14.4. The molecule has 3 aliphatic heterocycles. The van der Waals surface area contributed by atoms with Gasteiger partial charge in [0, 0.05) is 30.8 Å². The standard InChI is InChI=1S/C49H61N7O10/c1-27-42(45(60)41-37(26-66-47(50)61)49(62-4)46-38(54(46)3)25-56(49)43(41)44(27)59)51-23-30-24-55(53-52-30)15-16-63-17-18-64-19-20-65-32-9-5-28(6-10-32)35-22-48(2)36(13-14-39(48)58)34-11-7-29-21-31(57)8-12-33(29)40(34)35/h5-6,8-10,12,21,24,34-40,46,51,57-58H,7,11,13-20,22-23,25-26H2,1-4H3,(H2,50,61)/t34-,35+,36-,37+,38-,39-,40+,46-,48-,49+,54?/m0/s1. The summed E-state index contributed by atoms with van der Waals surface area (Å²) in [6.45, 7) is 6.85. The number of phenolic OH excluding ortho intramolecular Hbond substituents is 1. The highest BCUT2D eigenvalue weighted by atomic mass is 16.6. The van der Waals surface area contributed by atoms with Crippen LogP contribution in [0, 0.1) is 23.2 Å². The fourth-order valence-electron chi connectivity index (χ4n) is 13.1. The number of piperazine rings is 1. The van der Waals surface area contributed by atoms with Crippen molar-refractivity contribution in [1.82, 2.24) is 30.1 Å².